The van der Waals surface area contributed by atoms with Crippen LogP contribution < -0.4 is 5.32 Å². The summed E-state index contributed by atoms with van der Waals surface area (Å²) in [6, 6.07) is 7.85. The number of benzene rings is 1. The molecule has 1 aromatic rings. The molecule has 0 heterocycles. The Morgan fingerprint density at radius 1 is 1.25 bits per heavy atom. The summed E-state index contributed by atoms with van der Waals surface area (Å²) in [5.41, 5.74) is 1.17. The van der Waals surface area contributed by atoms with Crippen molar-refractivity contribution in [1.82, 2.24) is 5.32 Å². The molecular formula is C13H21NO2. The van der Waals surface area contributed by atoms with Crippen molar-refractivity contribution in [3.63, 3.8) is 0 Å². The lowest BCUT2D eigenvalue weighted by Crippen LogP contribution is -2.30. The molecule has 0 amide bonds. The van der Waals surface area contributed by atoms with Gasteiger partial charge in [0.15, 0.2) is 0 Å². The molecule has 0 aromatic heterocycles. The molecular weight excluding hydrogens is 202 g/mol. The Morgan fingerprint density at radius 3 is 2.38 bits per heavy atom. The van der Waals surface area contributed by atoms with E-state index >= 15 is 0 Å². The van der Waals surface area contributed by atoms with Crippen LogP contribution in [0, 0.1) is 0 Å². The highest BCUT2D eigenvalue weighted by atomic mass is 16.3. The molecule has 3 heteroatoms. The Morgan fingerprint density at radius 2 is 1.88 bits per heavy atom. The summed E-state index contributed by atoms with van der Waals surface area (Å²) in [6.07, 6.45) is 1.75. The highest BCUT2D eigenvalue weighted by Gasteiger charge is 2.11. The van der Waals surface area contributed by atoms with E-state index in [2.05, 4.69) is 19.2 Å². The van der Waals surface area contributed by atoms with Crippen LogP contribution in [0.15, 0.2) is 24.3 Å². The summed E-state index contributed by atoms with van der Waals surface area (Å²) in [6.45, 7) is 4.40. The fourth-order valence-corrected chi connectivity index (χ4v) is 1.78. The fraction of sp³-hybridized carbons (Fsp3) is 0.538. The number of phenols is 1. The second kappa shape index (κ2) is 6.51. The second-order valence-corrected chi connectivity index (χ2v) is 4.13. The van der Waals surface area contributed by atoms with Gasteiger partial charge >= 0.3 is 0 Å². The quantitative estimate of drug-likeness (QED) is 0.693. The average Bonchev–Trinajstić information content (AvgIpc) is 2.27. The van der Waals surface area contributed by atoms with Crippen molar-refractivity contribution in [3.8, 4) is 5.75 Å². The molecule has 90 valence electrons. The number of aromatic hydroxyl groups is 1. The van der Waals surface area contributed by atoms with Crippen molar-refractivity contribution < 1.29 is 10.2 Å². The summed E-state index contributed by atoms with van der Waals surface area (Å²) in [4.78, 5) is 0. The van der Waals surface area contributed by atoms with E-state index in [1.165, 1.54) is 5.56 Å². The maximum Gasteiger partial charge on any atom is 0.115 e. The van der Waals surface area contributed by atoms with Gasteiger partial charge in [0.05, 0.1) is 0 Å². The van der Waals surface area contributed by atoms with Crippen molar-refractivity contribution in [1.29, 1.82) is 0 Å². The molecule has 0 bridgehead atoms. The Labute approximate surface area is 97.1 Å². The lowest BCUT2D eigenvalue weighted by molar-refractivity contribution is 0.262. The summed E-state index contributed by atoms with van der Waals surface area (Å²) >= 11 is 0. The monoisotopic (exact) mass is 223 g/mol. The minimum Gasteiger partial charge on any atom is -0.508 e. The first kappa shape index (κ1) is 13.0. The van der Waals surface area contributed by atoms with Crippen LogP contribution in [0.3, 0.4) is 0 Å². The van der Waals surface area contributed by atoms with Crippen molar-refractivity contribution >= 4 is 0 Å². The minimum absolute atomic E-state index is 0.209. The number of hydrogen-bond acceptors (Lipinski definition) is 3. The van der Waals surface area contributed by atoms with Gasteiger partial charge in [-0.1, -0.05) is 19.1 Å². The van der Waals surface area contributed by atoms with Crippen LogP contribution in [0.5, 0.6) is 5.75 Å². The van der Waals surface area contributed by atoms with Gasteiger partial charge < -0.3 is 15.5 Å². The molecule has 0 aliphatic carbocycles. The first-order chi connectivity index (χ1) is 7.67. The third-order valence-corrected chi connectivity index (χ3v) is 2.75. The van der Waals surface area contributed by atoms with E-state index in [1.54, 1.807) is 12.1 Å². The molecule has 0 aliphatic rings. The lowest BCUT2D eigenvalue weighted by Gasteiger charge is -2.22. The zero-order chi connectivity index (χ0) is 12.0. The van der Waals surface area contributed by atoms with E-state index in [9.17, 15) is 5.11 Å². The topological polar surface area (TPSA) is 52.5 Å². The smallest absolute Gasteiger partial charge is 0.115 e. The van der Waals surface area contributed by atoms with Gasteiger partial charge in [-0.2, -0.15) is 0 Å². The number of nitrogens with one attached hydrogen (secondary N) is 1. The summed E-state index contributed by atoms with van der Waals surface area (Å²) < 4.78 is 0. The standard InChI is InChI=1S/C13H21NO2/c1-3-13(14-10(2)8-9-15)11-4-6-12(16)7-5-11/h4-7,10,13-16H,3,8-9H2,1-2H3. The SMILES string of the molecule is CCC(NC(C)CCO)c1ccc(O)cc1. The normalized spacial score (nSPS) is 14.7. The van der Waals surface area contributed by atoms with Gasteiger partial charge in [-0.05, 0) is 37.5 Å². The maximum absolute atomic E-state index is 9.22. The van der Waals surface area contributed by atoms with Crippen molar-refractivity contribution in [2.24, 2.45) is 0 Å². The molecule has 1 rings (SSSR count). The van der Waals surface area contributed by atoms with Gasteiger partial charge in [0.25, 0.3) is 0 Å². The van der Waals surface area contributed by atoms with Crippen LogP contribution in [0.1, 0.15) is 38.3 Å². The van der Waals surface area contributed by atoms with E-state index in [1.807, 2.05) is 12.1 Å². The third-order valence-electron chi connectivity index (χ3n) is 2.75. The van der Waals surface area contributed by atoms with Crippen LogP contribution in [-0.4, -0.2) is 22.9 Å². The van der Waals surface area contributed by atoms with E-state index in [0.29, 0.717) is 11.8 Å². The summed E-state index contributed by atoms with van der Waals surface area (Å²) in [7, 11) is 0. The molecule has 16 heavy (non-hydrogen) atoms. The predicted molar refractivity (Wildman–Crippen MR) is 65.4 cm³/mol. The van der Waals surface area contributed by atoms with Gasteiger partial charge in [-0.25, -0.2) is 0 Å². The third kappa shape index (κ3) is 3.83. The molecule has 2 atom stereocenters. The zero-order valence-electron chi connectivity index (χ0n) is 9.98. The molecule has 3 nitrogen and oxygen atoms in total. The largest absolute Gasteiger partial charge is 0.508 e. The van der Waals surface area contributed by atoms with Crippen LogP contribution in [0.2, 0.25) is 0 Å². The van der Waals surface area contributed by atoms with E-state index in [4.69, 9.17) is 5.11 Å². The average molecular weight is 223 g/mol. The zero-order valence-corrected chi connectivity index (χ0v) is 9.98. The molecule has 0 saturated heterocycles. The second-order valence-electron chi connectivity index (χ2n) is 4.13. The van der Waals surface area contributed by atoms with Crippen LogP contribution >= 0.6 is 0 Å². The molecule has 0 fully saturated rings. The van der Waals surface area contributed by atoms with Gasteiger partial charge in [0, 0.05) is 18.7 Å². The van der Waals surface area contributed by atoms with E-state index < -0.39 is 0 Å². The highest BCUT2D eigenvalue weighted by Crippen LogP contribution is 2.20. The predicted octanol–water partition coefficient (Wildman–Crippen LogP) is 2.20. The first-order valence-corrected chi connectivity index (χ1v) is 5.83. The number of rotatable bonds is 6. The lowest BCUT2D eigenvalue weighted by atomic mass is 10.0. The molecule has 0 spiro atoms. The molecule has 1 aromatic carbocycles. The number of phenolic OH excluding ortho intramolecular Hbond substituents is 1. The van der Waals surface area contributed by atoms with Crippen LogP contribution in [-0.2, 0) is 0 Å². The molecule has 2 unspecified atom stereocenters. The Kier molecular flexibility index (Phi) is 5.29. The number of aliphatic hydroxyl groups is 1. The Bertz CT molecular complexity index is 297. The summed E-state index contributed by atoms with van der Waals surface area (Å²) in [5.74, 6) is 0.294. The molecule has 0 aliphatic heterocycles. The summed E-state index contributed by atoms with van der Waals surface area (Å²) in [5, 5.41) is 21.5. The molecule has 3 N–H and O–H groups in total. The number of hydrogen-bond donors (Lipinski definition) is 3. The van der Waals surface area contributed by atoms with Gasteiger partial charge in [0.2, 0.25) is 0 Å². The fourth-order valence-electron chi connectivity index (χ4n) is 1.78. The van der Waals surface area contributed by atoms with Crippen LogP contribution in [0.25, 0.3) is 0 Å². The Hall–Kier alpha value is -1.06. The Balaban J connectivity index is 2.63. The maximum atomic E-state index is 9.22. The van der Waals surface area contributed by atoms with Gasteiger partial charge in [-0.15, -0.1) is 0 Å². The molecule has 0 saturated carbocycles. The van der Waals surface area contributed by atoms with Crippen LogP contribution in [0.4, 0.5) is 0 Å². The van der Waals surface area contributed by atoms with E-state index in [-0.39, 0.29) is 12.6 Å². The number of aliphatic hydroxyl groups excluding tert-OH is 1. The first-order valence-electron chi connectivity index (χ1n) is 5.83. The van der Waals surface area contributed by atoms with E-state index in [0.717, 1.165) is 12.8 Å². The van der Waals surface area contributed by atoms with Crippen molar-refractivity contribution in [2.45, 2.75) is 38.8 Å². The highest BCUT2D eigenvalue weighted by molar-refractivity contribution is 5.28. The van der Waals surface area contributed by atoms with Crippen molar-refractivity contribution in [3.05, 3.63) is 29.8 Å². The van der Waals surface area contributed by atoms with Gasteiger partial charge in [0.1, 0.15) is 5.75 Å². The van der Waals surface area contributed by atoms with Gasteiger partial charge in [-0.3, -0.25) is 0 Å². The minimum atomic E-state index is 0.209. The molecule has 0 radical (unpaired) electrons. The van der Waals surface area contributed by atoms with Crippen molar-refractivity contribution in [2.75, 3.05) is 6.61 Å².